The normalized spacial score (nSPS) is 14.9. The smallest absolute Gasteiger partial charge is 0.258 e. The van der Waals surface area contributed by atoms with Gasteiger partial charge in [-0.3, -0.25) is 40.5 Å². The molecule has 8 bridgehead atoms. The van der Waals surface area contributed by atoms with Gasteiger partial charge in [-0.25, -0.2) is 33.7 Å². The van der Waals surface area contributed by atoms with Gasteiger partial charge in [-0.1, -0.05) is 97.1 Å². The molecule has 8 aromatic carbocycles. The van der Waals surface area contributed by atoms with Gasteiger partial charge in [0.2, 0.25) is 40.1 Å². The van der Waals surface area contributed by atoms with Crippen molar-refractivity contribution in [2.75, 3.05) is 0 Å². The van der Waals surface area contributed by atoms with E-state index in [9.17, 15) is 74.1 Å². The van der Waals surface area contributed by atoms with Crippen LogP contribution in [0, 0.1) is 40.5 Å². The average molecular weight is 1220 g/mol. The lowest BCUT2D eigenvalue weighted by Gasteiger charge is -2.25. The van der Waals surface area contributed by atoms with Gasteiger partial charge in [-0.15, -0.1) is 0 Å². The van der Waals surface area contributed by atoms with Gasteiger partial charge in [-0.2, -0.15) is 17.2 Å². The molecule has 432 valence electrons. The van der Waals surface area contributed by atoms with Gasteiger partial charge >= 0.3 is 0 Å². The van der Waals surface area contributed by atoms with Gasteiger partial charge in [0.05, 0.1) is 39.3 Å². The summed E-state index contributed by atoms with van der Waals surface area (Å²) in [4.78, 5) is 42.3. The molecule has 0 aromatic heterocycles. The minimum Gasteiger partial charge on any atom is -0.258 e. The highest BCUT2D eigenvalue weighted by molar-refractivity contribution is 7.90. The fourth-order valence-electron chi connectivity index (χ4n) is 9.09. The number of nitro benzene ring substituents is 4. The van der Waals surface area contributed by atoms with E-state index in [0.29, 0.717) is 44.5 Å². The lowest BCUT2D eigenvalue weighted by molar-refractivity contribution is -0.385. The molecule has 0 atom stereocenters. The van der Waals surface area contributed by atoms with E-state index in [0.717, 1.165) is 114 Å². The summed E-state index contributed by atoms with van der Waals surface area (Å²) in [5.41, 5.74) is 2.19. The van der Waals surface area contributed by atoms with Gasteiger partial charge in [0.15, 0.2) is 0 Å². The van der Waals surface area contributed by atoms with Crippen molar-refractivity contribution in [1.82, 2.24) is 17.2 Å². The molecule has 0 spiro atoms. The number of nitro groups is 4. The predicted molar refractivity (Wildman–Crippen MR) is 304 cm³/mol. The van der Waals surface area contributed by atoms with Crippen molar-refractivity contribution in [2.24, 2.45) is 0 Å². The second-order valence-corrected chi connectivity index (χ2v) is 27.1. The number of hydrogen-bond acceptors (Lipinski definition) is 16. The molecule has 0 aliphatic carbocycles. The summed E-state index contributed by atoms with van der Waals surface area (Å²) in [6.45, 7) is -2.07. The highest BCUT2D eigenvalue weighted by Gasteiger charge is 2.31. The van der Waals surface area contributed by atoms with Crippen LogP contribution in [0.3, 0.4) is 0 Å². The topological polar surface area (TPSA) is 322 Å². The summed E-state index contributed by atoms with van der Waals surface area (Å²) in [6.07, 6.45) is 0. The van der Waals surface area contributed by atoms with Gasteiger partial charge in [0.1, 0.15) is 0 Å². The van der Waals surface area contributed by atoms with E-state index in [1.165, 1.54) is 0 Å². The largest absolute Gasteiger partial charge is 0.269 e. The zero-order valence-corrected chi connectivity index (χ0v) is 47.1. The molecule has 28 heteroatoms. The zero-order chi connectivity index (χ0) is 60.1. The van der Waals surface area contributed by atoms with E-state index < -0.39 is 59.8 Å². The van der Waals surface area contributed by atoms with E-state index in [4.69, 9.17) is 0 Å². The molecule has 24 nitrogen and oxygen atoms in total. The van der Waals surface area contributed by atoms with E-state index in [1.807, 2.05) is 0 Å². The first kappa shape index (κ1) is 59.6. The molecule has 7 aliphatic rings. The Hall–Kier alpha value is -9.00. The standard InChI is InChI=1S/C56H48N8O16S4/c65-61(66)49-17-25-53(26-18-49)81(73,74)57-33-41-1-2-42(4-3-41)34-58(82(75,76)54-27-19-50(20-28-54)62(67)68)36-44-9-11-46(12-10-44)38-60(84(79,80)56-31-23-52(24-32-56)64(71)72)40-48-15-13-47(14-16-48)39-59(37-45-7-5-43(35-57)6-8-45)83(77,78)55-29-21-51(22-30-55)63(69)70/h1-32H,33-40H2. The minimum absolute atomic E-state index is 0.253. The lowest BCUT2D eigenvalue weighted by atomic mass is 10.1. The van der Waals surface area contributed by atoms with Crippen molar-refractivity contribution in [2.45, 2.75) is 71.9 Å². The molecule has 0 fully saturated rings. The van der Waals surface area contributed by atoms with Crippen LogP contribution < -0.4 is 0 Å². The number of nitrogens with zero attached hydrogens (tertiary/aromatic N) is 8. The van der Waals surface area contributed by atoms with Crippen LogP contribution in [-0.2, 0) is 92.5 Å². The molecule has 7 heterocycles. The third-order valence-corrected chi connectivity index (χ3v) is 20.9. The Morgan fingerprint density at radius 1 is 0.226 bits per heavy atom. The highest BCUT2D eigenvalue weighted by Crippen LogP contribution is 2.30. The molecule has 7 aliphatic heterocycles. The van der Waals surface area contributed by atoms with Crippen molar-refractivity contribution >= 4 is 62.8 Å². The first-order valence-electron chi connectivity index (χ1n) is 25.2. The van der Waals surface area contributed by atoms with Gasteiger partial charge < -0.3 is 0 Å². The summed E-state index contributed by atoms with van der Waals surface area (Å²) < 4.78 is 121. The third-order valence-electron chi connectivity index (χ3n) is 13.7. The molecule has 0 N–H and O–H groups in total. The molecule has 15 rings (SSSR count). The lowest BCUT2D eigenvalue weighted by Crippen LogP contribution is -2.31. The monoisotopic (exact) mass is 1220 g/mol. The van der Waals surface area contributed by atoms with Crippen LogP contribution in [0.25, 0.3) is 0 Å². The second-order valence-electron chi connectivity index (χ2n) is 19.4. The Labute approximate surface area is 481 Å². The summed E-state index contributed by atoms with van der Waals surface area (Å²) in [5, 5.41) is 46.0. The third kappa shape index (κ3) is 13.6. The number of hydrogen-bond donors (Lipinski definition) is 0. The number of sulfonamides is 4. The van der Waals surface area contributed by atoms with Crippen molar-refractivity contribution in [3.8, 4) is 0 Å². The molecule has 0 unspecified atom stereocenters. The number of rotatable bonds is 12. The van der Waals surface area contributed by atoms with Gasteiger partial charge in [0, 0.05) is 101 Å². The van der Waals surface area contributed by atoms with Crippen molar-refractivity contribution in [1.29, 1.82) is 0 Å². The van der Waals surface area contributed by atoms with Crippen LogP contribution in [0.5, 0.6) is 0 Å². The Balaban J connectivity index is 1.13. The molecule has 0 amide bonds. The summed E-state index contributed by atoms with van der Waals surface area (Å²) in [7, 11) is -17.7. The van der Waals surface area contributed by atoms with Crippen LogP contribution in [-0.4, -0.2) is 70.6 Å². The quantitative estimate of drug-likeness (QED) is 0.0812. The van der Waals surface area contributed by atoms with Crippen LogP contribution in [0.1, 0.15) is 44.5 Å². The first-order chi connectivity index (χ1) is 39.9. The predicted octanol–water partition coefficient (Wildman–Crippen LogP) is 9.20. The maximum absolute atomic E-state index is 14.5. The zero-order valence-electron chi connectivity index (χ0n) is 43.9. The van der Waals surface area contributed by atoms with Crippen LogP contribution in [0.15, 0.2) is 214 Å². The summed E-state index contributed by atoms with van der Waals surface area (Å²) in [6, 6.07) is 43.0. The summed E-state index contributed by atoms with van der Waals surface area (Å²) in [5.74, 6) is 0. The van der Waals surface area contributed by atoms with Crippen molar-refractivity contribution in [3.63, 3.8) is 0 Å². The van der Waals surface area contributed by atoms with E-state index in [1.54, 1.807) is 97.1 Å². The fraction of sp³-hybridized carbons (Fsp3) is 0.143. The minimum atomic E-state index is -4.42. The second kappa shape index (κ2) is 24.4. The fourth-order valence-corrected chi connectivity index (χ4v) is 14.8. The number of benzene rings is 8. The highest BCUT2D eigenvalue weighted by atomic mass is 32.2. The van der Waals surface area contributed by atoms with Gasteiger partial charge in [0.25, 0.3) is 22.7 Å². The maximum atomic E-state index is 14.5. The molecule has 0 saturated heterocycles. The Kier molecular flexibility index (Phi) is 17.4. The van der Waals surface area contributed by atoms with Crippen molar-refractivity contribution < 1.29 is 53.4 Å². The van der Waals surface area contributed by atoms with Crippen molar-refractivity contribution in [3.05, 3.63) is 279 Å². The van der Waals surface area contributed by atoms with E-state index in [-0.39, 0.29) is 94.7 Å². The van der Waals surface area contributed by atoms with Gasteiger partial charge in [-0.05, 0) is 93.0 Å². The average Bonchev–Trinajstić information content (AvgIpc) is 3.46. The van der Waals surface area contributed by atoms with E-state index >= 15 is 0 Å². The van der Waals surface area contributed by atoms with Crippen LogP contribution >= 0.6 is 0 Å². The molecule has 0 radical (unpaired) electrons. The Morgan fingerprint density at radius 3 is 0.452 bits per heavy atom. The summed E-state index contributed by atoms with van der Waals surface area (Å²) >= 11 is 0. The number of non-ortho nitro benzene ring substituents is 4. The molecule has 84 heavy (non-hydrogen) atoms. The first-order valence-corrected chi connectivity index (χ1v) is 30.9. The molecular weight excluding hydrogens is 1170 g/mol. The Morgan fingerprint density at radius 2 is 0.345 bits per heavy atom. The van der Waals surface area contributed by atoms with E-state index in [2.05, 4.69) is 0 Å². The van der Waals surface area contributed by atoms with Crippen LogP contribution in [0.2, 0.25) is 0 Å². The van der Waals surface area contributed by atoms with Crippen LogP contribution in [0.4, 0.5) is 22.7 Å². The SMILES string of the molecule is O=[N+]([O-])c1ccc(S(=O)(=O)N2Cc3ccc(cc3)CN(S(=O)(=O)c3ccc([N+](=O)[O-])cc3)Cc3ccc(cc3)CN(S(=O)(=O)c3ccc([N+](=O)[O-])cc3)Cc3ccc(cc3)CN(S(=O)(=O)c3ccc([N+](=O)[O-])cc3)Cc3ccc(cc3)C2)cc1. The molecule has 0 saturated carbocycles. The Bertz CT molecular complexity index is 3590. The molecular formula is C56H48N8O16S4. The maximum Gasteiger partial charge on any atom is 0.269 e. The molecule has 8 aromatic rings.